The first kappa shape index (κ1) is 13.1. The van der Waals surface area contributed by atoms with Gasteiger partial charge in [0, 0.05) is 0 Å². The highest BCUT2D eigenvalue weighted by atomic mass is 16.5. The van der Waals surface area contributed by atoms with Crippen molar-refractivity contribution >= 4 is 0 Å². The fourth-order valence-electron chi connectivity index (χ4n) is 1.32. The number of aromatic hydroxyl groups is 1. The van der Waals surface area contributed by atoms with E-state index in [1.807, 2.05) is 18.2 Å². The third-order valence-corrected chi connectivity index (χ3v) is 2.30. The first-order valence-corrected chi connectivity index (χ1v) is 5.63. The smallest absolute Gasteiger partial charge is 0.119 e. The minimum absolute atomic E-state index is 0.322. The third kappa shape index (κ3) is 5.07. The van der Waals surface area contributed by atoms with E-state index in [-0.39, 0.29) is 0 Å². The number of rotatable bonds is 2. The molecule has 0 spiro atoms. The van der Waals surface area contributed by atoms with Crippen LogP contribution in [0.4, 0.5) is 0 Å². The van der Waals surface area contributed by atoms with Gasteiger partial charge in [-0.3, -0.25) is 0 Å². The Bertz CT molecular complexity index is 405. The van der Waals surface area contributed by atoms with E-state index in [1.54, 1.807) is 31.4 Å². The van der Waals surface area contributed by atoms with Crippen LogP contribution in [0.15, 0.2) is 54.6 Å². The molecule has 90 valence electrons. The average molecular weight is 230 g/mol. The summed E-state index contributed by atoms with van der Waals surface area (Å²) in [6, 6.07) is 16.8. The summed E-state index contributed by atoms with van der Waals surface area (Å²) in [4.78, 5) is 0. The molecule has 0 radical (unpaired) electrons. The van der Waals surface area contributed by atoms with E-state index in [0.29, 0.717) is 5.75 Å². The SMILES string of the molecule is CCc1cccc(OC)c1.Oc1ccccc1. The van der Waals surface area contributed by atoms with Crippen molar-refractivity contribution in [3.8, 4) is 11.5 Å². The molecule has 0 aromatic heterocycles. The number of para-hydroxylation sites is 1. The van der Waals surface area contributed by atoms with Crippen LogP contribution in [0.25, 0.3) is 0 Å². The van der Waals surface area contributed by atoms with E-state index in [9.17, 15) is 0 Å². The van der Waals surface area contributed by atoms with Crippen molar-refractivity contribution in [2.45, 2.75) is 13.3 Å². The van der Waals surface area contributed by atoms with Crippen molar-refractivity contribution in [1.82, 2.24) is 0 Å². The molecule has 1 N–H and O–H groups in total. The Hall–Kier alpha value is -1.96. The standard InChI is InChI=1S/C9H12O.C6H6O/c1-3-8-5-4-6-9(7-8)10-2;7-6-4-2-1-3-5-6/h4-7H,3H2,1-2H3;1-5,7H. The molecule has 17 heavy (non-hydrogen) atoms. The van der Waals surface area contributed by atoms with Gasteiger partial charge in [0.15, 0.2) is 0 Å². The Morgan fingerprint density at radius 2 is 1.71 bits per heavy atom. The van der Waals surface area contributed by atoms with Crippen LogP contribution in [0, 0.1) is 0 Å². The maximum absolute atomic E-state index is 8.63. The van der Waals surface area contributed by atoms with Crippen LogP contribution in [-0.4, -0.2) is 12.2 Å². The summed E-state index contributed by atoms with van der Waals surface area (Å²) in [5.41, 5.74) is 1.32. The molecule has 2 heteroatoms. The zero-order valence-electron chi connectivity index (χ0n) is 10.3. The van der Waals surface area contributed by atoms with Gasteiger partial charge < -0.3 is 9.84 Å². The summed E-state index contributed by atoms with van der Waals surface area (Å²) in [7, 11) is 1.69. The van der Waals surface area contributed by atoms with Gasteiger partial charge in [-0.05, 0) is 36.2 Å². The number of phenolic OH excluding ortho intramolecular Hbond substituents is 1. The van der Waals surface area contributed by atoms with E-state index in [4.69, 9.17) is 9.84 Å². The number of aryl methyl sites for hydroxylation is 1. The fraction of sp³-hybridized carbons (Fsp3) is 0.200. The zero-order chi connectivity index (χ0) is 12.5. The summed E-state index contributed by atoms with van der Waals surface area (Å²) >= 11 is 0. The molecule has 2 nitrogen and oxygen atoms in total. The molecule has 0 fully saturated rings. The molecule has 0 aliphatic rings. The summed E-state index contributed by atoms with van der Waals surface area (Å²) in [6.45, 7) is 2.13. The van der Waals surface area contributed by atoms with Gasteiger partial charge >= 0.3 is 0 Å². The Kier molecular flexibility index (Phi) is 5.66. The van der Waals surface area contributed by atoms with E-state index >= 15 is 0 Å². The van der Waals surface area contributed by atoms with Crippen LogP contribution < -0.4 is 4.74 Å². The molecular formula is C15H18O2. The minimum Gasteiger partial charge on any atom is -0.508 e. The van der Waals surface area contributed by atoms with Crippen molar-refractivity contribution in [1.29, 1.82) is 0 Å². The molecule has 0 atom stereocenters. The normalized spacial score (nSPS) is 9.06. The average Bonchev–Trinajstić information content (AvgIpc) is 2.40. The van der Waals surface area contributed by atoms with Crippen LogP contribution in [0.3, 0.4) is 0 Å². The van der Waals surface area contributed by atoms with Crippen molar-refractivity contribution in [2.75, 3.05) is 7.11 Å². The minimum atomic E-state index is 0.322. The van der Waals surface area contributed by atoms with Gasteiger partial charge in [-0.25, -0.2) is 0 Å². The van der Waals surface area contributed by atoms with Crippen LogP contribution in [0.2, 0.25) is 0 Å². The molecule has 0 aliphatic heterocycles. The molecule has 2 aromatic carbocycles. The zero-order valence-corrected chi connectivity index (χ0v) is 10.3. The monoisotopic (exact) mass is 230 g/mol. The molecule has 2 rings (SSSR count). The first-order chi connectivity index (χ1) is 8.26. The number of phenols is 1. The molecule has 0 heterocycles. The number of benzene rings is 2. The molecule has 0 bridgehead atoms. The van der Waals surface area contributed by atoms with Crippen molar-refractivity contribution in [2.24, 2.45) is 0 Å². The lowest BCUT2D eigenvalue weighted by Gasteiger charge is -2.00. The lowest BCUT2D eigenvalue weighted by Crippen LogP contribution is -1.84. The van der Waals surface area contributed by atoms with E-state index in [0.717, 1.165) is 12.2 Å². The highest BCUT2D eigenvalue weighted by Crippen LogP contribution is 2.12. The second kappa shape index (κ2) is 7.34. The third-order valence-electron chi connectivity index (χ3n) is 2.30. The van der Waals surface area contributed by atoms with E-state index < -0.39 is 0 Å². The summed E-state index contributed by atoms with van der Waals surface area (Å²) < 4.78 is 5.06. The van der Waals surface area contributed by atoms with Crippen molar-refractivity contribution < 1.29 is 9.84 Å². The summed E-state index contributed by atoms with van der Waals surface area (Å²) in [5, 5.41) is 8.63. The van der Waals surface area contributed by atoms with Gasteiger partial charge in [0.1, 0.15) is 11.5 Å². The van der Waals surface area contributed by atoms with E-state index in [2.05, 4.69) is 19.1 Å². The molecule has 0 aliphatic carbocycles. The molecular weight excluding hydrogens is 212 g/mol. The van der Waals surface area contributed by atoms with Gasteiger partial charge in [0.05, 0.1) is 7.11 Å². The topological polar surface area (TPSA) is 29.5 Å². The number of hydrogen-bond acceptors (Lipinski definition) is 2. The number of hydrogen-bond donors (Lipinski definition) is 1. The van der Waals surface area contributed by atoms with Gasteiger partial charge in [-0.15, -0.1) is 0 Å². The summed E-state index contributed by atoms with van der Waals surface area (Å²) in [6.07, 6.45) is 1.07. The first-order valence-electron chi connectivity index (χ1n) is 5.63. The second-order valence-electron chi connectivity index (χ2n) is 3.54. The lowest BCUT2D eigenvalue weighted by atomic mass is 10.2. The predicted molar refractivity (Wildman–Crippen MR) is 70.5 cm³/mol. The van der Waals surface area contributed by atoms with Crippen LogP contribution in [0.5, 0.6) is 11.5 Å². The number of ether oxygens (including phenoxy) is 1. The fourth-order valence-corrected chi connectivity index (χ4v) is 1.32. The Morgan fingerprint density at radius 1 is 1.00 bits per heavy atom. The molecule has 0 amide bonds. The Labute approximate surface area is 102 Å². The van der Waals surface area contributed by atoms with Gasteiger partial charge in [-0.2, -0.15) is 0 Å². The molecule has 0 saturated heterocycles. The molecule has 0 unspecified atom stereocenters. The Morgan fingerprint density at radius 3 is 2.18 bits per heavy atom. The van der Waals surface area contributed by atoms with Gasteiger partial charge in [0.25, 0.3) is 0 Å². The lowest BCUT2D eigenvalue weighted by molar-refractivity contribution is 0.414. The van der Waals surface area contributed by atoms with Crippen molar-refractivity contribution in [3.63, 3.8) is 0 Å². The van der Waals surface area contributed by atoms with Gasteiger partial charge in [0.2, 0.25) is 0 Å². The Balaban J connectivity index is 0.000000181. The van der Waals surface area contributed by atoms with Crippen molar-refractivity contribution in [3.05, 3.63) is 60.2 Å². The van der Waals surface area contributed by atoms with Gasteiger partial charge in [-0.1, -0.05) is 37.3 Å². The van der Waals surface area contributed by atoms with Crippen LogP contribution in [0.1, 0.15) is 12.5 Å². The molecule has 2 aromatic rings. The second-order valence-corrected chi connectivity index (χ2v) is 3.54. The number of methoxy groups -OCH3 is 1. The predicted octanol–water partition coefficient (Wildman–Crippen LogP) is 3.65. The van der Waals surface area contributed by atoms with E-state index in [1.165, 1.54) is 5.56 Å². The highest BCUT2D eigenvalue weighted by Gasteiger charge is 1.90. The molecule has 0 saturated carbocycles. The quantitative estimate of drug-likeness (QED) is 0.853. The summed E-state index contributed by atoms with van der Waals surface area (Å²) in [5.74, 6) is 1.27. The van der Waals surface area contributed by atoms with Crippen LogP contribution in [-0.2, 0) is 6.42 Å². The largest absolute Gasteiger partial charge is 0.508 e. The van der Waals surface area contributed by atoms with Crippen LogP contribution >= 0.6 is 0 Å². The highest BCUT2D eigenvalue weighted by molar-refractivity contribution is 5.28. The maximum Gasteiger partial charge on any atom is 0.119 e. The maximum atomic E-state index is 8.63.